The molecule has 0 bridgehead atoms. The second-order valence-corrected chi connectivity index (χ2v) is 9.85. The van der Waals surface area contributed by atoms with Crippen molar-refractivity contribution in [1.29, 1.82) is 0 Å². The van der Waals surface area contributed by atoms with Crippen LogP contribution in [0.15, 0.2) is 61.2 Å². The molecule has 7 rings (SSSR count). The number of nitrogens with one attached hydrogen (secondary N) is 2. The maximum atomic E-state index is 4.87. The standard InChI is InChI=1S/C28H22N6S/c1-3-24-30-13-21(32-24)23-11-17-6-5-16(10-22(17)35-23)15-7-8-18-19(9-15)20-12-29-14-31-26(20)28-27(18)33-25(4-2)34-28/h5-14H,3-4H2,1-2H3,(H,30,32)(H,33,34). The van der Waals surface area contributed by atoms with Crippen molar-refractivity contribution in [3.8, 4) is 21.7 Å². The Hall–Kier alpha value is -4.10. The van der Waals surface area contributed by atoms with Gasteiger partial charge in [-0.25, -0.2) is 19.9 Å². The highest BCUT2D eigenvalue weighted by Crippen LogP contribution is 2.38. The lowest BCUT2D eigenvalue weighted by Gasteiger charge is -2.08. The Morgan fingerprint density at radius 2 is 1.63 bits per heavy atom. The van der Waals surface area contributed by atoms with E-state index in [4.69, 9.17) is 4.98 Å². The van der Waals surface area contributed by atoms with Gasteiger partial charge in [-0.1, -0.05) is 38.1 Å². The molecule has 0 saturated heterocycles. The fraction of sp³-hybridized carbons (Fsp3) is 0.143. The fourth-order valence-electron chi connectivity index (χ4n) is 4.85. The molecule has 4 heterocycles. The highest BCUT2D eigenvalue weighted by molar-refractivity contribution is 7.22. The Balaban J connectivity index is 1.40. The fourth-order valence-corrected chi connectivity index (χ4v) is 5.91. The third kappa shape index (κ3) is 3.15. The number of aromatic nitrogens is 6. The van der Waals surface area contributed by atoms with Crippen molar-refractivity contribution >= 4 is 54.1 Å². The van der Waals surface area contributed by atoms with Gasteiger partial charge in [0, 0.05) is 34.5 Å². The molecule has 0 fully saturated rings. The molecule has 6 nitrogen and oxygen atoms in total. The minimum Gasteiger partial charge on any atom is -0.341 e. The van der Waals surface area contributed by atoms with Gasteiger partial charge in [-0.15, -0.1) is 11.3 Å². The zero-order chi connectivity index (χ0) is 23.5. The second kappa shape index (κ2) is 7.71. The molecule has 3 aromatic carbocycles. The number of fused-ring (bicyclic) bond motifs is 7. The summed E-state index contributed by atoms with van der Waals surface area (Å²) in [7, 11) is 0. The molecular weight excluding hydrogens is 452 g/mol. The Bertz CT molecular complexity index is 1890. The molecule has 0 aliphatic rings. The number of nitrogens with zero attached hydrogens (tertiary/aromatic N) is 4. The van der Waals surface area contributed by atoms with Crippen molar-refractivity contribution in [1.82, 2.24) is 29.9 Å². The number of hydrogen-bond acceptors (Lipinski definition) is 5. The molecule has 0 amide bonds. The molecule has 0 radical (unpaired) electrons. The predicted molar refractivity (Wildman–Crippen MR) is 144 cm³/mol. The highest BCUT2D eigenvalue weighted by atomic mass is 32.1. The second-order valence-electron chi connectivity index (χ2n) is 8.77. The number of aromatic amines is 2. The molecule has 170 valence electrons. The maximum Gasteiger partial charge on any atom is 0.116 e. The van der Waals surface area contributed by atoms with Gasteiger partial charge >= 0.3 is 0 Å². The van der Waals surface area contributed by atoms with E-state index in [0.29, 0.717) is 0 Å². The molecule has 0 aliphatic carbocycles. The van der Waals surface area contributed by atoms with Gasteiger partial charge in [-0.05, 0) is 40.1 Å². The summed E-state index contributed by atoms with van der Waals surface area (Å²) < 4.78 is 1.26. The maximum absolute atomic E-state index is 4.87. The van der Waals surface area contributed by atoms with Crippen LogP contribution >= 0.6 is 11.3 Å². The van der Waals surface area contributed by atoms with Gasteiger partial charge in [0.1, 0.15) is 18.0 Å². The van der Waals surface area contributed by atoms with Crippen LogP contribution in [0, 0.1) is 0 Å². The van der Waals surface area contributed by atoms with Crippen LogP contribution in [-0.2, 0) is 12.8 Å². The van der Waals surface area contributed by atoms with Crippen LogP contribution in [0.4, 0.5) is 0 Å². The summed E-state index contributed by atoms with van der Waals surface area (Å²) in [6, 6.07) is 15.5. The number of benzene rings is 3. The van der Waals surface area contributed by atoms with Crippen LogP contribution in [0.3, 0.4) is 0 Å². The van der Waals surface area contributed by atoms with Crippen LogP contribution in [0.2, 0.25) is 0 Å². The van der Waals surface area contributed by atoms with E-state index < -0.39 is 0 Å². The van der Waals surface area contributed by atoms with Gasteiger partial charge in [0.15, 0.2) is 0 Å². The molecule has 0 aliphatic heterocycles. The SMILES string of the molecule is CCc1ncc(-c2cc3ccc(-c4ccc5c(c4)c4cncnc4c4[nH]c(CC)nc54)cc3s2)[nH]1. The summed E-state index contributed by atoms with van der Waals surface area (Å²) in [6.45, 7) is 4.22. The third-order valence-electron chi connectivity index (χ3n) is 6.68. The van der Waals surface area contributed by atoms with Crippen molar-refractivity contribution in [2.24, 2.45) is 0 Å². The zero-order valence-corrected chi connectivity index (χ0v) is 20.2. The van der Waals surface area contributed by atoms with Crippen LogP contribution in [-0.4, -0.2) is 29.9 Å². The van der Waals surface area contributed by atoms with E-state index in [1.54, 1.807) is 17.7 Å². The Morgan fingerprint density at radius 1 is 0.771 bits per heavy atom. The topological polar surface area (TPSA) is 83.1 Å². The highest BCUT2D eigenvalue weighted by Gasteiger charge is 2.15. The van der Waals surface area contributed by atoms with E-state index in [9.17, 15) is 0 Å². The first-order valence-corrected chi connectivity index (χ1v) is 12.7. The molecule has 0 spiro atoms. The number of aryl methyl sites for hydroxylation is 2. The Kier molecular flexibility index (Phi) is 4.47. The summed E-state index contributed by atoms with van der Waals surface area (Å²) >= 11 is 1.79. The van der Waals surface area contributed by atoms with Gasteiger partial charge in [0.25, 0.3) is 0 Å². The van der Waals surface area contributed by atoms with Crippen molar-refractivity contribution in [3.63, 3.8) is 0 Å². The summed E-state index contributed by atoms with van der Waals surface area (Å²) in [4.78, 5) is 26.4. The lowest BCUT2D eigenvalue weighted by atomic mass is 9.98. The van der Waals surface area contributed by atoms with E-state index in [2.05, 4.69) is 81.2 Å². The summed E-state index contributed by atoms with van der Waals surface area (Å²) in [5, 5.41) is 4.52. The smallest absolute Gasteiger partial charge is 0.116 e. The zero-order valence-electron chi connectivity index (χ0n) is 19.4. The first kappa shape index (κ1) is 20.3. The lowest BCUT2D eigenvalue weighted by molar-refractivity contribution is 0.991. The average molecular weight is 475 g/mol. The van der Waals surface area contributed by atoms with Gasteiger partial charge in [-0.3, -0.25) is 0 Å². The first-order valence-electron chi connectivity index (χ1n) is 11.8. The average Bonchev–Trinajstić information content (AvgIpc) is 3.65. The lowest BCUT2D eigenvalue weighted by Crippen LogP contribution is -1.87. The quantitative estimate of drug-likeness (QED) is 0.268. The Morgan fingerprint density at radius 3 is 2.49 bits per heavy atom. The molecule has 0 saturated carbocycles. The molecule has 2 N–H and O–H groups in total. The van der Waals surface area contributed by atoms with E-state index in [1.165, 1.54) is 26.1 Å². The van der Waals surface area contributed by atoms with Crippen molar-refractivity contribution in [3.05, 3.63) is 72.8 Å². The van der Waals surface area contributed by atoms with E-state index >= 15 is 0 Å². The minimum absolute atomic E-state index is 0.849. The number of H-pyrrole nitrogens is 2. The number of hydrogen-bond donors (Lipinski definition) is 2. The van der Waals surface area contributed by atoms with Crippen LogP contribution in [0.1, 0.15) is 25.5 Å². The van der Waals surface area contributed by atoms with Crippen LogP contribution < -0.4 is 0 Å². The number of thiophene rings is 1. The molecule has 0 atom stereocenters. The predicted octanol–water partition coefficient (Wildman–Crippen LogP) is 7.06. The third-order valence-corrected chi connectivity index (χ3v) is 7.82. The molecule has 7 heteroatoms. The first-order chi connectivity index (χ1) is 17.2. The number of rotatable bonds is 4. The summed E-state index contributed by atoms with van der Waals surface area (Å²) in [5.74, 6) is 1.99. The molecule has 0 unspecified atom stereocenters. The van der Waals surface area contributed by atoms with Crippen LogP contribution in [0.5, 0.6) is 0 Å². The van der Waals surface area contributed by atoms with E-state index in [1.807, 2.05) is 12.4 Å². The Labute approximate surface area is 205 Å². The van der Waals surface area contributed by atoms with Gasteiger partial charge in [0.05, 0.1) is 33.3 Å². The molecule has 7 aromatic rings. The largest absolute Gasteiger partial charge is 0.341 e. The normalized spacial score (nSPS) is 11.9. The minimum atomic E-state index is 0.849. The van der Waals surface area contributed by atoms with Crippen molar-refractivity contribution < 1.29 is 0 Å². The molecular formula is C28H22N6S. The van der Waals surface area contributed by atoms with Gasteiger partial charge in [0.2, 0.25) is 0 Å². The van der Waals surface area contributed by atoms with Crippen LogP contribution in [0.25, 0.3) is 64.5 Å². The van der Waals surface area contributed by atoms with Crippen molar-refractivity contribution in [2.75, 3.05) is 0 Å². The van der Waals surface area contributed by atoms with E-state index in [-0.39, 0.29) is 0 Å². The summed E-state index contributed by atoms with van der Waals surface area (Å²) in [5.41, 5.74) is 6.30. The molecule has 35 heavy (non-hydrogen) atoms. The van der Waals surface area contributed by atoms with Crippen molar-refractivity contribution in [2.45, 2.75) is 26.7 Å². The van der Waals surface area contributed by atoms with Gasteiger partial charge in [-0.2, -0.15) is 0 Å². The molecule has 4 aromatic heterocycles. The van der Waals surface area contributed by atoms with Gasteiger partial charge < -0.3 is 9.97 Å². The monoisotopic (exact) mass is 474 g/mol. The summed E-state index contributed by atoms with van der Waals surface area (Å²) in [6.07, 6.45) is 7.20. The van der Waals surface area contributed by atoms with E-state index in [0.717, 1.165) is 62.9 Å². The number of imidazole rings is 2.